The third-order valence-electron chi connectivity index (χ3n) is 7.42. The summed E-state index contributed by atoms with van der Waals surface area (Å²) >= 11 is 0. The van der Waals surface area contributed by atoms with Gasteiger partial charge in [0.05, 0.1) is 54.1 Å². The number of nitrogens with zero attached hydrogens (tertiary/aromatic N) is 2. The van der Waals surface area contributed by atoms with Gasteiger partial charge in [-0.15, -0.1) is 12.4 Å². The van der Waals surface area contributed by atoms with E-state index in [0.717, 1.165) is 0 Å². The number of pyridine rings is 1. The summed E-state index contributed by atoms with van der Waals surface area (Å²) in [6.07, 6.45) is -0.620. The maximum atomic E-state index is 14.4. The Morgan fingerprint density at radius 3 is 1.91 bits per heavy atom. The molecule has 0 saturated carbocycles. The van der Waals surface area contributed by atoms with Crippen molar-refractivity contribution < 1.29 is 42.7 Å². The van der Waals surface area contributed by atoms with E-state index in [1.54, 1.807) is 36.4 Å². The van der Waals surface area contributed by atoms with Gasteiger partial charge in [-0.25, -0.2) is 9.59 Å². The van der Waals surface area contributed by atoms with Crippen LogP contribution < -0.4 is 35.0 Å². The topological polar surface area (TPSA) is 150 Å². The SMILES string of the molecule is COC(=O)c1c(-c2cc(OC)c(OC)c(OC)c2)c2cc(OC)c(OC(=O)N3CCOCC3)cc2c(=O)n1-c1ccc(N)cc1.Cl. The van der Waals surface area contributed by atoms with Gasteiger partial charge in [-0.3, -0.25) is 9.36 Å². The number of hydrogen-bond acceptors (Lipinski definition) is 11. The third-order valence-corrected chi connectivity index (χ3v) is 7.42. The molecule has 5 rings (SSSR count). The number of anilines is 1. The first-order valence-corrected chi connectivity index (χ1v) is 13.9. The maximum absolute atomic E-state index is 14.4. The van der Waals surface area contributed by atoms with E-state index in [4.69, 9.17) is 38.9 Å². The second-order valence-corrected chi connectivity index (χ2v) is 9.88. The van der Waals surface area contributed by atoms with Crippen LogP contribution in [0.15, 0.2) is 53.3 Å². The van der Waals surface area contributed by atoms with Crippen molar-refractivity contribution in [2.75, 3.05) is 67.6 Å². The van der Waals surface area contributed by atoms with Crippen molar-refractivity contribution in [3.63, 3.8) is 0 Å². The summed E-state index contributed by atoms with van der Waals surface area (Å²) in [5.74, 6) is 0.321. The number of carbonyl (C=O) groups is 2. The van der Waals surface area contributed by atoms with Gasteiger partial charge in [0.25, 0.3) is 5.56 Å². The summed E-state index contributed by atoms with van der Waals surface area (Å²) < 4.78 is 39.9. The molecule has 2 N–H and O–H groups in total. The van der Waals surface area contributed by atoms with Crippen molar-refractivity contribution in [3.8, 4) is 45.6 Å². The Bertz CT molecular complexity index is 1790. The number of hydrogen-bond donors (Lipinski definition) is 1. The first kappa shape index (κ1) is 33.7. The van der Waals surface area contributed by atoms with Crippen LogP contribution in [0, 0.1) is 0 Å². The molecule has 1 aliphatic rings. The third kappa shape index (κ3) is 6.19. The average molecular weight is 656 g/mol. The number of halogens is 1. The van der Waals surface area contributed by atoms with E-state index in [9.17, 15) is 14.4 Å². The monoisotopic (exact) mass is 655 g/mol. The number of ether oxygens (including phenoxy) is 7. The molecule has 0 spiro atoms. The number of esters is 1. The van der Waals surface area contributed by atoms with Crippen molar-refractivity contribution in [1.82, 2.24) is 9.47 Å². The Balaban J connectivity index is 0.00000480. The van der Waals surface area contributed by atoms with E-state index in [-0.39, 0.29) is 40.5 Å². The number of nitrogen functional groups attached to an aromatic ring is 1. The molecular formula is C32H34ClN3O10. The van der Waals surface area contributed by atoms with Crippen LogP contribution in [0.4, 0.5) is 10.5 Å². The Labute approximate surface area is 270 Å². The van der Waals surface area contributed by atoms with Crippen molar-refractivity contribution in [2.45, 2.75) is 0 Å². The van der Waals surface area contributed by atoms with E-state index >= 15 is 0 Å². The molecule has 244 valence electrons. The quantitative estimate of drug-likeness (QED) is 0.214. The minimum Gasteiger partial charge on any atom is -0.493 e. The Morgan fingerprint density at radius 1 is 0.783 bits per heavy atom. The number of nitrogens with two attached hydrogens (primary N) is 1. The molecule has 0 atom stereocenters. The average Bonchev–Trinajstić information content (AvgIpc) is 3.07. The van der Waals surface area contributed by atoms with Crippen LogP contribution in [0.3, 0.4) is 0 Å². The van der Waals surface area contributed by atoms with Gasteiger partial charge in [0, 0.05) is 35.4 Å². The summed E-state index contributed by atoms with van der Waals surface area (Å²) in [7, 11) is 7.03. The van der Waals surface area contributed by atoms with Crippen molar-refractivity contribution in [2.24, 2.45) is 0 Å². The van der Waals surface area contributed by atoms with Crippen molar-refractivity contribution in [3.05, 3.63) is 64.6 Å². The molecule has 1 aliphatic heterocycles. The highest BCUT2D eigenvalue weighted by atomic mass is 35.5. The van der Waals surface area contributed by atoms with E-state index < -0.39 is 17.6 Å². The minimum absolute atomic E-state index is 0. The van der Waals surface area contributed by atoms with Crippen molar-refractivity contribution in [1.29, 1.82) is 0 Å². The number of amides is 1. The van der Waals surface area contributed by atoms with Gasteiger partial charge in [0.15, 0.2) is 23.0 Å². The smallest absolute Gasteiger partial charge is 0.415 e. The molecule has 0 radical (unpaired) electrons. The molecule has 3 aromatic carbocycles. The molecule has 4 aromatic rings. The number of aromatic nitrogens is 1. The largest absolute Gasteiger partial charge is 0.493 e. The second-order valence-electron chi connectivity index (χ2n) is 9.88. The van der Waals surface area contributed by atoms with Gasteiger partial charge >= 0.3 is 12.1 Å². The van der Waals surface area contributed by atoms with Gasteiger partial charge in [-0.1, -0.05) is 0 Å². The Morgan fingerprint density at radius 2 is 1.37 bits per heavy atom. The molecule has 46 heavy (non-hydrogen) atoms. The van der Waals surface area contributed by atoms with E-state index in [0.29, 0.717) is 65.9 Å². The zero-order chi connectivity index (χ0) is 32.2. The summed E-state index contributed by atoms with van der Waals surface area (Å²) in [4.78, 5) is 42.5. The number of morpholine rings is 1. The van der Waals surface area contributed by atoms with Crippen molar-refractivity contribution >= 4 is 40.9 Å². The highest BCUT2D eigenvalue weighted by Crippen LogP contribution is 2.45. The molecule has 2 heterocycles. The number of methoxy groups -OCH3 is 5. The molecule has 1 amide bonds. The molecule has 0 bridgehead atoms. The van der Waals surface area contributed by atoms with Gasteiger partial charge in [0.1, 0.15) is 5.69 Å². The van der Waals surface area contributed by atoms with Gasteiger partial charge in [-0.2, -0.15) is 0 Å². The van der Waals surface area contributed by atoms with E-state index in [1.165, 1.54) is 57.1 Å². The van der Waals surface area contributed by atoms with Gasteiger partial charge in [0.2, 0.25) is 5.75 Å². The van der Waals surface area contributed by atoms with E-state index in [2.05, 4.69) is 0 Å². The Hall–Kier alpha value is -5.14. The molecule has 14 heteroatoms. The first-order valence-electron chi connectivity index (χ1n) is 13.9. The molecule has 1 fully saturated rings. The lowest BCUT2D eigenvalue weighted by atomic mass is 9.95. The lowest BCUT2D eigenvalue weighted by molar-refractivity contribution is 0.0413. The summed E-state index contributed by atoms with van der Waals surface area (Å²) in [6, 6.07) is 12.7. The van der Waals surface area contributed by atoms with Gasteiger partial charge in [-0.05, 0) is 54.1 Å². The fourth-order valence-electron chi connectivity index (χ4n) is 5.23. The zero-order valence-corrected chi connectivity index (χ0v) is 26.7. The molecule has 13 nitrogen and oxygen atoms in total. The molecule has 0 unspecified atom stereocenters. The molecular weight excluding hydrogens is 622 g/mol. The summed E-state index contributed by atoms with van der Waals surface area (Å²) in [5.41, 5.74) is 6.78. The molecule has 1 saturated heterocycles. The highest BCUT2D eigenvalue weighted by Gasteiger charge is 2.29. The number of carbonyl (C=O) groups excluding carboxylic acids is 2. The normalized spacial score (nSPS) is 12.6. The van der Waals surface area contributed by atoms with Crippen LogP contribution in [0.5, 0.6) is 28.7 Å². The fourth-order valence-corrected chi connectivity index (χ4v) is 5.23. The standard InChI is InChI=1S/C32H33N3O10.ClH/c1-39-23-16-21-22(17-24(23)45-32(38)34-10-12-44-13-11-34)30(36)35(20-8-6-19(33)7-9-20)28(31(37)43-5)27(21)18-14-25(40-2)29(42-4)26(15-18)41-3;/h6-9,14-17H,10-13,33H2,1-5H3;1H. The summed E-state index contributed by atoms with van der Waals surface area (Å²) in [5, 5.41) is 0.429. The number of rotatable bonds is 8. The predicted molar refractivity (Wildman–Crippen MR) is 173 cm³/mol. The van der Waals surface area contributed by atoms with Crippen LogP contribution >= 0.6 is 12.4 Å². The molecule has 1 aromatic heterocycles. The van der Waals surface area contributed by atoms with Crippen LogP contribution in [0.2, 0.25) is 0 Å². The van der Waals surface area contributed by atoms with Crippen LogP contribution in [0.1, 0.15) is 10.5 Å². The first-order chi connectivity index (χ1) is 21.8. The summed E-state index contributed by atoms with van der Waals surface area (Å²) in [6.45, 7) is 1.47. The van der Waals surface area contributed by atoms with E-state index in [1.807, 2.05) is 0 Å². The van der Waals surface area contributed by atoms with Crippen LogP contribution in [-0.4, -0.2) is 83.4 Å². The minimum atomic E-state index is -0.795. The lowest BCUT2D eigenvalue weighted by Crippen LogP contribution is -2.42. The second kappa shape index (κ2) is 14.3. The lowest BCUT2D eigenvalue weighted by Gasteiger charge is -2.26. The Kier molecular flexibility index (Phi) is 10.5. The fraction of sp³-hybridized carbons (Fsp3) is 0.281. The number of benzene rings is 3. The molecule has 0 aliphatic carbocycles. The predicted octanol–water partition coefficient (Wildman–Crippen LogP) is 4.31. The number of fused-ring (bicyclic) bond motifs is 1. The highest BCUT2D eigenvalue weighted by molar-refractivity contribution is 6.08. The zero-order valence-electron chi connectivity index (χ0n) is 25.9. The maximum Gasteiger partial charge on any atom is 0.415 e. The van der Waals surface area contributed by atoms with Crippen LogP contribution in [-0.2, 0) is 9.47 Å². The van der Waals surface area contributed by atoms with Crippen LogP contribution in [0.25, 0.3) is 27.6 Å². The van der Waals surface area contributed by atoms with Gasteiger partial charge < -0.3 is 43.8 Å².